The first-order valence-corrected chi connectivity index (χ1v) is 7.91. The Kier molecular flexibility index (Phi) is 4.90. The van der Waals surface area contributed by atoms with Crippen LogP contribution in [0.2, 0.25) is 0 Å². The van der Waals surface area contributed by atoms with E-state index in [0.717, 1.165) is 20.4 Å². The van der Waals surface area contributed by atoms with Gasteiger partial charge in [-0.15, -0.1) is 11.6 Å². The monoisotopic (exact) mass is 405 g/mol. The second-order valence-electron chi connectivity index (χ2n) is 4.91. The van der Waals surface area contributed by atoms with E-state index in [2.05, 4.69) is 27.6 Å². The van der Waals surface area contributed by atoms with Crippen molar-refractivity contribution in [2.75, 3.05) is 14.1 Å². The summed E-state index contributed by atoms with van der Waals surface area (Å²) in [6.45, 7) is 2.50. The summed E-state index contributed by atoms with van der Waals surface area (Å²) in [5, 5.41) is -0.186. The van der Waals surface area contributed by atoms with Gasteiger partial charge in [0.1, 0.15) is 5.82 Å². The molecule has 0 aliphatic carbocycles. The Bertz CT molecular complexity index is 637. The Morgan fingerprint density at radius 1 is 1.50 bits per heavy atom. The van der Waals surface area contributed by atoms with Gasteiger partial charge in [-0.25, -0.2) is 4.98 Å². The standard InChI is InChI=1S/C14H17ClIN3O/c1-9(15)14-17-11-8-10(16)4-5-12(11)19(14)7-6-13(20)18(2)3/h4-5,8-9H,6-7H2,1-3H3. The second kappa shape index (κ2) is 6.30. The minimum atomic E-state index is -0.186. The smallest absolute Gasteiger partial charge is 0.223 e. The summed E-state index contributed by atoms with van der Waals surface area (Å²) in [4.78, 5) is 18.0. The molecule has 0 saturated carbocycles. The molecular weight excluding hydrogens is 389 g/mol. The SMILES string of the molecule is CC(Cl)c1nc2cc(I)ccc2n1CCC(=O)N(C)C. The number of hydrogen-bond acceptors (Lipinski definition) is 2. The average molecular weight is 406 g/mol. The van der Waals surface area contributed by atoms with Crippen LogP contribution >= 0.6 is 34.2 Å². The maximum absolute atomic E-state index is 11.8. The van der Waals surface area contributed by atoms with Crippen LogP contribution in [0.5, 0.6) is 0 Å². The molecule has 0 saturated heterocycles. The minimum absolute atomic E-state index is 0.102. The molecule has 1 unspecified atom stereocenters. The number of amides is 1. The largest absolute Gasteiger partial charge is 0.349 e. The van der Waals surface area contributed by atoms with Gasteiger partial charge in [0, 0.05) is 30.6 Å². The first kappa shape index (κ1) is 15.6. The molecule has 1 aromatic heterocycles. The average Bonchev–Trinajstić information content (AvgIpc) is 2.73. The maximum Gasteiger partial charge on any atom is 0.223 e. The molecule has 108 valence electrons. The van der Waals surface area contributed by atoms with Crippen molar-refractivity contribution in [1.29, 1.82) is 0 Å². The zero-order valence-electron chi connectivity index (χ0n) is 11.7. The number of fused-ring (bicyclic) bond motifs is 1. The molecule has 0 fully saturated rings. The Balaban J connectivity index is 2.39. The van der Waals surface area contributed by atoms with Crippen LogP contribution in [-0.4, -0.2) is 34.5 Å². The summed E-state index contributed by atoms with van der Waals surface area (Å²) in [5.41, 5.74) is 1.95. The molecule has 0 radical (unpaired) electrons. The van der Waals surface area contributed by atoms with Crippen LogP contribution < -0.4 is 0 Å². The summed E-state index contributed by atoms with van der Waals surface area (Å²) in [7, 11) is 3.53. The normalized spacial score (nSPS) is 12.7. The fourth-order valence-corrected chi connectivity index (χ4v) is 2.73. The molecule has 0 spiro atoms. The van der Waals surface area contributed by atoms with Crippen molar-refractivity contribution in [2.24, 2.45) is 0 Å². The zero-order chi connectivity index (χ0) is 14.9. The van der Waals surface area contributed by atoms with E-state index in [1.165, 1.54) is 0 Å². The Labute approximate surface area is 137 Å². The van der Waals surface area contributed by atoms with Crippen molar-refractivity contribution in [3.63, 3.8) is 0 Å². The highest BCUT2D eigenvalue weighted by molar-refractivity contribution is 14.1. The summed E-state index contributed by atoms with van der Waals surface area (Å²) >= 11 is 8.48. The zero-order valence-corrected chi connectivity index (χ0v) is 14.6. The number of imidazole rings is 1. The van der Waals surface area contributed by atoms with Crippen LogP contribution in [0.4, 0.5) is 0 Å². The van der Waals surface area contributed by atoms with Gasteiger partial charge in [0.05, 0.1) is 16.4 Å². The van der Waals surface area contributed by atoms with E-state index < -0.39 is 0 Å². The van der Waals surface area contributed by atoms with E-state index in [1.54, 1.807) is 19.0 Å². The van der Waals surface area contributed by atoms with Crippen molar-refractivity contribution in [2.45, 2.75) is 25.3 Å². The highest BCUT2D eigenvalue weighted by Gasteiger charge is 2.16. The lowest BCUT2D eigenvalue weighted by atomic mass is 10.3. The van der Waals surface area contributed by atoms with Gasteiger partial charge in [0.2, 0.25) is 5.91 Å². The minimum Gasteiger partial charge on any atom is -0.349 e. The second-order valence-corrected chi connectivity index (χ2v) is 6.81. The van der Waals surface area contributed by atoms with Crippen LogP contribution in [-0.2, 0) is 11.3 Å². The molecule has 2 aromatic rings. The number of carbonyl (C=O) groups is 1. The van der Waals surface area contributed by atoms with Gasteiger partial charge >= 0.3 is 0 Å². The molecule has 1 aromatic carbocycles. The van der Waals surface area contributed by atoms with Gasteiger partial charge in [0.25, 0.3) is 0 Å². The van der Waals surface area contributed by atoms with Gasteiger partial charge in [-0.05, 0) is 47.7 Å². The maximum atomic E-state index is 11.8. The number of carbonyl (C=O) groups excluding carboxylic acids is 1. The molecule has 1 amide bonds. The first-order chi connectivity index (χ1) is 9.40. The Morgan fingerprint density at radius 2 is 2.20 bits per heavy atom. The van der Waals surface area contributed by atoms with E-state index >= 15 is 0 Å². The third kappa shape index (κ3) is 3.25. The van der Waals surface area contributed by atoms with E-state index in [1.807, 2.05) is 29.7 Å². The molecule has 20 heavy (non-hydrogen) atoms. The Hall–Kier alpha value is -0.820. The van der Waals surface area contributed by atoms with Crippen molar-refractivity contribution in [3.8, 4) is 0 Å². The van der Waals surface area contributed by atoms with Gasteiger partial charge in [0.15, 0.2) is 0 Å². The number of alkyl halides is 1. The molecule has 0 aliphatic rings. The molecule has 6 heteroatoms. The van der Waals surface area contributed by atoms with Crippen LogP contribution in [0.25, 0.3) is 11.0 Å². The van der Waals surface area contributed by atoms with E-state index in [9.17, 15) is 4.79 Å². The van der Waals surface area contributed by atoms with E-state index in [-0.39, 0.29) is 11.3 Å². The Morgan fingerprint density at radius 3 is 2.80 bits per heavy atom. The number of rotatable bonds is 4. The number of nitrogens with zero attached hydrogens (tertiary/aromatic N) is 3. The third-order valence-corrected chi connectivity index (χ3v) is 4.01. The molecule has 0 bridgehead atoms. The number of hydrogen-bond donors (Lipinski definition) is 0. The predicted octanol–water partition coefficient (Wildman–Crippen LogP) is 3.42. The number of aromatic nitrogens is 2. The lowest BCUT2D eigenvalue weighted by Crippen LogP contribution is -2.23. The third-order valence-electron chi connectivity index (χ3n) is 3.14. The highest BCUT2D eigenvalue weighted by Crippen LogP contribution is 2.26. The molecule has 1 atom stereocenters. The highest BCUT2D eigenvalue weighted by atomic mass is 127. The van der Waals surface area contributed by atoms with E-state index in [4.69, 9.17) is 11.6 Å². The van der Waals surface area contributed by atoms with Crippen LogP contribution in [0.1, 0.15) is 24.5 Å². The van der Waals surface area contributed by atoms with Gasteiger partial charge < -0.3 is 9.47 Å². The molecule has 1 heterocycles. The predicted molar refractivity (Wildman–Crippen MR) is 90.0 cm³/mol. The first-order valence-electron chi connectivity index (χ1n) is 6.40. The summed E-state index contributed by atoms with van der Waals surface area (Å²) in [5.74, 6) is 0.917. The molecule has 0 N–H and O–H groups in total. The van der Waals surface area contributed by atoms with Crippen LogP contribution in [0.3, 0.4) is 0 Å². The molecule has 4 nitrogen and oxygen atoms in total. The lowest BCUT2D eigenvalue weighted by Gasteiger charge is -2.13. The van der Waals surface area contributed by atoms with Crippen molar-refractivity contribution in [3.05, 3.63) is 27.6 Å². The van der Waals surface area contributed by atoms with Gasteiger partial charge in [-0.2, -0.15) is 0 Å². The van der Waals surface area contributed by atoms with Crippen LogP contribution in [0.15, 0.2) is 18.2 Å². The topological polar surface area (TPSA) is 38.1 Å². The van der Waals surface area contributed by atoms with Gasteiger partial charge in [-0.1, -0.05) is 0 Å². The molecule has 0 aliphatic heterocycles. The summed E-state index contributed by atoms with van der Waals surface area (Å²) in [6.07, 6.45) is 0.445. The fraction of sp³-hybridized carbons (Fsp3) is 0.429. The van der Waals surface area contributed by atoms with Crippen LogP contribution in [0, 0.1) is 3.57 Å². The fourth-order valence-electron chi connectivity index (χ4n) is 2.09. The molecule has 2 rings (SSSR count). The number of aryl methyl sites for hydroxylation is 1. The van der Waals surface area contributed by atoms with Crippen molar-refractivity contribution in [1.82, 2.24) is 14.5 Å². The number of benzene rings is 1. The lowest BCUT2D eigenvalue weighted by molar-refractivity contribution is -0.128. The van der Waals surface area contributed by atoms with Gasteiger partial charge in [-0.3, -0.25) is 4.79 Å². The summed E-state index contributed by atoms with van der Waals surface area (Å²) in [6, 6.07) is 6.10. The quantitative estimate of drug-likeness (QED) is 0.577. The molecular formula is C14H17ClIN3O. The summed E-state index contributed by atoms with van der Waals surface area (Å²) < 4.78 is 3.18. The van der Waals surface area contributed by atoms with E-state index in [0.29, 0.717) is 13.0 Å². The van der Waals surface area contributed by atoms with Crippen molar-refractivity contribution < 1.29 is 4.79 Å². The number of halogens is 2. The van der Waals surface area contributed by atoms with Crippen molar-refractivity contribution >= 4 is 51.1 Å².